The van der Waals surface area contributed by atoms with Crippen molar-refractivity contribution in [2.45, 2.75) is 31.6 Å². The van der Waals surface area contributed by atoms with E-state index in [1.165, 1.54) is 16.5 Å². The van der Waals surface area contributed by atoms with Crippen LogP contribution in [0.5, 0.6) is 0 Å². The van der Waals surface area contributed by atoms with Gasteiger partial charge in [0.2, 0.25) is 0 Å². The lowest BCUT2D eigenvalue weighted by Gasteiger charge is -2.27. The standard InChI is InChI=1S/C17H19ClFN3S/c1-11-17(12(2)21-20-11)23-22-7-5-13(6-8-22)9-14-3-4-15(18)10-16(14)19/h3-4,9-10H,5-8H2,1-2H3,(H,20,21). The van der Waals surface area contributed by atoms with Crippen LogP contribution in [0.3, 0.4) is 0 Å². The van der Waals surface area contributed by atoms with Crippen molar-refractivity contribution in [2.75, 3.05) is 13.1 Å². The lowest BCUT2D eigenvalue weighted by atomic mass is 10.0. The Hall–Kier alpha value is -1.30. The summed E-state index contributed by atoms with van der Waals surface area (Å²) in [6.45, 7) is 5.97. The summed E-state index contributed by atoms with van der Waals surface area (Å²) in [6.07, 6.45) is 3.86. The van der Waals surface area contributed by atoms with E-state index in [0.717, 1.165) is 37.3 Å². The molecule has 0 bridgehead atoms. The molecule has 0 unspecified atom stereocenters. The quantitative estimate of drug-likeness (QED) is 0.789. The Labute approximate surface area is 145 Å². The van der Waals surface area contributed by atoms with E-state index >= 15 is 0 Å². The first kappa shape index (κ1) is 16.6. The summed E-state index contributed by atoms with van der Waals surface area (Å²) >= 11 is 7.55. The van der Waals surface area contributed by atoms with Crippen LogP contribution in [-0.2, 0) is 0 Å². The Morgan fingerprint density at radius 3 is 2.65 bits per heavy atom. The summed E-state index contributed by atoms with van der Waals surface area (Å²) in [5.41, 5.74) is 4.05. The molecule has 122 valence electrons. The molecule has 1 aromatic carbocycles. The van der Waals surface area contributed by atoms with Gasteiger partial charge in [-0.1, -0.05) is 29.3 Å². The van der Waals surface area contributed by atoms with Gasteiger partial charge in [-0.3, -0.25) is 5.10 Å². The van der Waals surface area contributed by atoms with Crippen LogP contribution in [-0.4, -0.2) is 27.6 Å². The molecule has 1 aliphatic rings. The second kappa shape index (κ2) is 7.07. The average Bonchev–Trinajstić information content (AvgIpc) is 2.84. The zero-order valence-electron chi connectivity index (χ0n) is 13.2. The molecule has 0 amide bonds. The molecular weight excluding hydrogens is 333 g/mol. The van der Waals surface area contributed by atoms with Gasteiger partial charge in [-0.05, 0) is 50.8 Å². The second-order valence-corrected chi connectivity index (χ2v) is 7.30. The van der Waals surface area contributed by atoms with E-state index in [4.69, 9.17) is 11.6 Å². The van der Waals surface area contributed by atoms with Crippen LogP contribution in [0.2, 0.25) is 5.02 Å². The van der Waals surface area contributed by atoms with E-state index < -0.39 is 0 Å². The predicted molar refractivity (Wildman–Crippen MR) is 94.1 cm³/mol. The number of hydrogen-bond acceptors (Lipinski definition) is 3. The molecular formula is C17H19ClFN3S. The van der Waals surface area contributed by atoms with Crippen LogP contribution in [0.4, 0.5) is 4.39 Å². The Morgan fingerprint density at radius 1 is 1.30 bits per heavy atom. The summed E-state index contributed by atoms with van der Waals surface area (Å²) in [7, 11) is 0. The number of nitrogens with zero attached hydrogens (tertiary/aromatic N) is 2. The van der Waals surface area contributed by atoms with Crippen molar-refractivity contribution in [3.63, 3.8) is 0 Å². The molecule has 3 rings (SSSR count). The monoisotopic (exact) mass is 351 g/mol. The number of aryl methyl sites for hydroxylation is 2. The highest BCUT2D eigenvalue weighted by Gasteiger charge is 2.18. The molecule has 1 N–H and O–H groups in total. The highest BCUT2D eigenvalue weighted by atomic mass is 35.5. The van der Waals surface area contributed by atoms with Gasteiger partial charge in [0, 0.05) is 29.4 Å². The first-order valence-corrected chi connectivity index (χ1v) is 8.77. The first-order chi connectivity index (χ1) is 11.0. The number of aromatic amines is 1. The molecule has 2 aromatic rings. The molecule has 0 atom stereocenters. The van der Waals surface area contributed by atoms with E-state index in [1.54, 1.807) is 24.1 Å². The second-order valence-electron chi connectivity index (χ2n) is 5.75. The highest BCUT2D eigenvalue weighted by Crippen LogP contribution is 2.32. The predicted octanol–water partition coefficient (Wildman–Crippen LogP) is 5.01. The van der Waals surface area contributed by atoms with Crippen LogP contribution < -0.4 is 0 Å². The largest absolute Gasteiger partial charge is 0.281 e. The molecule has 0 spiro atoms. The third kappa shape index (κ3) is 3.97. The SMILES string of the molecule is Cc1n[nH]c(C)c1SN1CCC(=Cc2ccc(Cl)cc2F)CC1. The fourth-order valence-electron chi connectivity index (χ4n) is 2.65. The van der Waals surface area contributed by atoms with Gasteiger partial charge in [0.1, 0.15) is 5.82 Å². The van der Waals surface area contributed by atoms with Gasteiger partial charge < -0.3 is 0 Å². The summed E-state index contributed by atoms with van der Waals surface area (Å²) < 4.78 is 16.2. The van der Waals surface area contributed by atoms with Crippen molar-refractivity contribution in [3.8, 4) is 0 Å². The van der Waals surface area contributed by atoms with Crippen LogP contribution in [0.15, 0.2) is 28.7 Å². The maximum atomic E-state index is 13.9. The molecule has 6 heteroatoms. The van der Waals surface area contributed by atoms with Gasteiger partial charge in [0.15, 0.2) is 0 Å². The normalized spacial score (nSPS) is 15.9. The van der Waals surface area contributed by atoms with Gasteiger partial charge in [-0.2, -0.15) is 5.10 Å². The van der Waals surface area contributed by atoms with Crippen molar-refractivity contribution in [1.82, 2.24) is 14.5 Å². The molecule has 1 fully saturated rings. The van der Waals surface area contributed by atoms with Crippen LogP contribution in [0.1, 0.15) is 29.8 Å². The number of H-pyrrole nitrogens is 1. The fourth-order valence-corrected chi connectivity index (χ4v) is 3.79. The minimum atomic E-state index is -0.258. The molecule has 0 radical (unpaired) electrons. The van der Waals surface area contributed by atoms with Crippen molar-refractivity contribution < 1.29 is 4.39 Å². The van der Waals surface area contributed by atoms with E-state index in [1.807, 2.05) is 19.9 Å². The molecule has 1 aromatic heterocycles. The molecule has 3 nitrogen and oxygen atoms in total. The lowest BCUT2D eigenvalue weighted by molar-refractivity contribution is 0.435. The number of benzene rings is 1. The number of hydrogen-bond donors (Lipinski definition) is 1. The minimum absolute atomic E-state index is 0.258. The van der Waals surface area contributed by atoms with Crippen molar-refractivity contribution >= 4 is 29.6 Å². The number of rotatable bonds is 3. The average molecular weight is 352 g/mol. The molecule has 23 heavy (non-hydrogen) atoms. The van der Waals surface area contributed by atoms with E-state index in [0.29, 0.717) is 10.6 Å². The zero-order valence-corrected chi connectivity index (χ0v) is 14.8. The van der Waals surface area contributed by atoms with Crippen molar-refractivity contribution in [1.29, 1.82) is 0 Å². The third-order valence-electron chi connectivity index (χ3n) is 3.97. The Kier molecular flexibility index (Phi) is 5.09. The number of aromatic nitrogens is 2. The lowest BCUT2D eigenvalue weighted by Crippen LogP contribution is -2.24. The maximum Gasteiger partial charge on any atom is 0.131 e. The van der Waals surface area contributed by atoms with Gasteiger partial charge in [0.25, 0.3) is 0 Å². The number of piperidine rings is 1. The molecule has 1 aliphatic heterocycles. The number of nitrogens with one attached hydrogen (secondary N) is 1. The third-order valence-corrected chi connectivity index (χ3v) is 5.61. The Balaban J connectivity index is 1.63. The Bertz CT molecular complexity index is 712. The fraction of sp³-hybridized carbons (Fsp3) is 0.353. The summed E-state index contributed by atoms with van der Waals surface area (Å²) in [4.78, 5) is 1.21. The van der Waals surface area contributed by atoms with Crippen molar-refractivity contribution in [3.05, 3.63) is 51.6 Å². The van der Waals surface area contributed by atoms with Gasteiger partial charge in [0.05, 0.1) is 10.6 Å². The van der Waals surface area contributed by atoms with Crippen LogP contribution in [0, 0.1) is 19.7 Å². The topological polar surface area (TPSA) is 31.9 Å². The summed E-state index contributed by atoms with van der Waals surface area (Å²) in [6, 6.07) is 4.83. The first-order valence-electron chi connectivity index (χ1n) is 7.62. The van der Waals surface area contributed by atoms with Crippen molar-refractivity contribution in [2.24, 2.45) is 0 Å². The molecule has 2 heterocycles. The number of halogens is 2. The van der Waals surface area contributed by atoms with E-state index in [2.05, 4.69) is 14.5 Å². The van der Waals surface area contributed by atoms with Crippen LogP contribution in [0.25, 0.3) is 6.08 Å². The minimum Gasteiger partial charge on any atom is -0.281 e. The highest BCUT2D eigenvalue weighted by molar-refractivity contribution is 7.97. The summed E-state index contributed by atoms with van der Waals surface area (Å²) in [5, 5.41) is 7.68. The zero-order chi connectivity index (χ0) is 16.4. The molecule has 0 aliphatic carbocycles. The Morgan fingerprint density at radius 2 is 2.04 bits per heavy atom. The van der Waals surface area contributed by atoms with Gasteiger partial charge in [-0.15, -0.1) is 0 Å². The van der Waals surface area contributed by atoms with E-state index in [-0.39, 0.29) is 5.82 Å². The maximum absolute atomic E-state index is 13.9. The van der Waals surface area contributed by atoms with E-state index in [9.17, 15) is 4.39 Å². The van der Waals surface area contributed by atoms with Gasteiger partial charge >= 0.3 is 0 Å². The molecule has 0 saturated carbocycles. The smallest absolute Gasteiger partial charge is 0.131 e. The molecule has 1 saturated heterocycles. The summed E-state index contributed by atoms with van der Waals surface area (Å²) in [5.74, 6) is -0.258. The van der Waals surface area contributed by atoms with Crippen LogP contribution >= 0.6 is 23.5 Å². The van der Waals surface area contributed by atoms with Gasteiger partial charge in [-0.25, -0.2) is 8.70 Å².